The van der Waals surface area contributed by atoms with Crippen molar-refractivity contribution in [3.05, 3.63) is 56.9 Å². The molecule has 19 heavy (non-hydrogen) atoms. The van der Waals surface area contributed by atoms with Crippen LogP contribution in [0.1, 0.15) is 0 Å². The van der Waals surface area contributed by atoms with Crippen LogP contribution in [0.25, 0.3) is 0 Å². The molecule has 0 bridgehead atoms. The molecule has 2 aromatic rings. The maximum atomic E-state index is 13.1. The van der Waals surface area contributed by atoms with Crippen molar-refractivity contribution >= 4 is 44.3 Å². The molecular formula is C12H7ClFIO3S. The molecule has 100 valence electrons. The predicted octanol–water partition coefficient (Wildman–Crippen LogP) is 3.85. The van der Waals surface area contributed by atoms with Crippen LogP contribution in [0.15, 0.2) is 47.4 Å². The van der Waals surface area contributed by atoms with Gasteiger partial charge in [-0.1, -0.05) is 17.7 Å². The van der Waals surface area contributed by atoms with E-state index < -0.39 is 20.8 Å². The van der Waals surface area contributed by atoms with Crippen molar-refractivity contribution in [3.8, 4) is 5.75 Å². The summed E-state index contributed by atoms with van der Waals surface area (Å²) in [4.78, 5) is -0.395. The molecule has 0 N–H and O–H groups in total. The van der Waals surface area contributed by atoms with Gasteiger partial charge >= 0.3 is 10.1 Å². The smallest absolute Gasteiger partial charge is 0.340 e. The van der Waals surface area contributed by atoms with Gasteiger partial charge in [0.1, 0.15) is 16.5 Å². The molecule has 7 heteroatoms. The van der Waals surface area contributed by atoms with E-state index in [9.17, 15) is 12.8 Å². The van der Waals surface area contributed by atoms with Gasteiger partial charge in [-0.3, -0.25) is 0 Å². The first-order valence-corrected chi connectivity index (χ1v) is 7.90. The Balaban J connectivity index is 2.40. The van der Waals surface area contributed by atoms with Gasteiger partial charge in [-0.15, -0.1) is 0 Å². The summed E-state index contributed by atoms with van der Waals surface area (Å²) in [5.74, 6) is -0.554. The molecule has 0 saturated carbocycles. The van der Waals surface area contributed by atoms with Crippen LogP contribution in [0.3, 0.4) is 0 Å². The van der Waals surface area contributed by atoms with Crippen molar-refractivity contribution in [3.63, 3.8) is 0 Å². The number of rotatable bonds is 3. The Labute approximate surface area is 128 Å². The van der Waals surface area contributed by atoms with Gasteiger partial charge in [0.2, 0.25) is 0 Å². The maximum Gasteiger partial charge on any atom is 0.340 e. The molecule has 0 saturated heterocycles. The summed E-state index contributed by atoms with van der Waals surface area (Å²) in [7, 11) is -4.16. The molecule has 0 aromatic heterocycles. The molecule has 3 nitrogen and oxygen atoms in total. The summed E-state index contributed by atoms with van der Waals surface area (Å²) >= 11 is 7.77. The van der Waals surface area contributed by atoms with Crippen molar-refractivity contribution in [1.29, 1.82) is 0 Å². The minimum Gasteiger partial charge on any atom is -0.379 e. The van der Waals surface area contributed by atoms with E-state index in [1.165, 1.54) is 12.1 Å². The van der Waals surface area contributed by atoms with Crippen LogP contribution in [-0.2, 0) is 10.1 Å². The standard InChI is InChI=1S/C12H7ClFIO3S/c13-11-5-4-8(14)6-12(11)19(16,17)18-10-3-1-2-9(15)7-10/h1-7H. The van der Waals surface area contributed by atoms with Crippen LogP contribution in [0.5, 0.6) is 5.75 Å². The number of halogens is 3. The van der Waals surface area contributed by atoms with Gasteiger partial charge < -0.3 is 4.18 Å². The molecule has 0 fully saturated rings. The third-order valence-electron chi connectivity index (χ3n) is 2.16. The molecule has 0 aliphatic heterocycles. The van der Waals surface area contributed by atoms with Crippen LogP contribution in [0.4, 0.5) is 4.39 Å². The Hall–Kier alpha value is -0.860. The number of hydrogen-bond donors (Lipinski definition) is 0. The highest BCUT2D eigenvalue weighted by Gasteiger charge is 2.21. The van der Waals surface area contributed by atoms with Gasteiger partial charge in [-0.05, 0) is 59.0 Å². The normalized spacial score (nSPS) is 11.3. The van der Waals surface area contributed by atoms with Crippen molar-refractivity contribution in [2.24, 2.45) is 0 Å². The highest BCUT2D eigenvalue weighted by Crippen LogP contribution is 2.26. The molecule has 0 aliphatic rings. The van der Waals surface area contributed by atoms with E-state index in [1.54, 1.807) is 18.2 Å². The molecule has 0 radical (unpaired) electrons. The Morgan fingerprint density at radius 3 is 2.58 bits per heavy atom. The monoisotopic (exact) mass is 412 g/mol. The van der Waals surface area contributed by atoms with E-state index in [2.05, 4.69) is 0 Å². The van der Waals surface area contributed by atoms with Gasteiger partial charge in [0.15, 0.2) is 0 Å². The van der Waals surface area contributed by atoms with E-state index in [-0.39, 0.29) is 10.8 Å². The first-order valence-electron chi connectivity index (χ1n) is 5.03. The van der Waals surface area contributed by atoms with Crippen LogP contribution < -0.4 is 4.18 Å². The van der Waals surface area contributed by atoms with Crippen molar-refractivity contribution in [2.45, 2.75) is 4.90 Å². The fraction of sp³-hybridized carbons (Fsp3) is 0. The van der Waals surface area contributed by atoms with Crippen LogP contribution in [0, 0.1) is 9.39 Å². The second kappa shape index (κ2) is 5.64. The lowest BCUT2D eigenvalue weighted by Gasteiger charge is -2.08. The van der Waals surface area contributed by atoms with Crippen LogP contribution in [-0.4, -0.2) is 8.42 Å². The topological polar surface area (TPSA) is 43.4 Å². The first kappa shape index (κ1) is 14.5. The van der Waals surface area contributed by atoms with Crippen molar-refractivity contribution in [2.75, 3.05) is 0 Å². The third-order valence-corrected chi connectivity index (χ3v) is 4.57. The molecule has 0 amide bonds. The molecule has 0 atom stereocenters. The lowest BCUT2D eigenvalue weighted by atomic mass is 10.3. The summed E-state index contributed by atoms with van der Waals surface area (Å²) in [5.41, 5.74) is 0. The van der Waals surface area contributed by atoms with E-state index in [0.717, 1.165) is 15.7 Å². The number of hydrogen-bond acceptors (Lipinski definition) is 3. The van der Waals surface area contributed by atoms with Gasteiger partial charge in [0, 0.05) is 3.57 Å². The zero-order valence-electron chi connectivity index (χ0n) is 9.31. The zero-order chi connectivity index (χ0) is 14.0. The van der Waals surface area contributed by atoms with E-state index in [4.69, 9.17) is 15.8 Å². The maximum absolute atomic E-state index is 13.1. The lowest BCUT2D eigenvalue weighted by molar-refractivity contribution is 0.484. The minimum atomic E-state index is -4.16. The van der Waals surface area contributed by atoms with E-state index in [1.807, 2.05) is 22.6 Å². The largest absolute Gasteiger partial charge is 0.379 e. The Bertz CT molecular complexity index is 719. The average Bonchev–Trinajstić information content (AvgIpc) is 2.31. The molecular weight excluding hydrogens is 406 g/mol. The molecule has 2 rings (SSSR count). The Morgan fingerprint density at radius 1 is 1.16 bits per heavy atom. The lowest BCUT2D eigenvalue weighted by Crippen LogP contribution is -2.10. The second-order valence-corrected chi connectivity index (χ2v) is 6.74. The van der Waals surface area contributed by atoms with E-state index >= 15 is 0 Å². The zero-order valence-corrected chi connectivity index (χ0v) is 13.0. The van der Waals surface area contributed by atoms with E-state index in [0.29, 0.717) is 0 Å². The summed E-state index contributed by atoms with van der Waals surface area (Å²) in [6, 6.07) is 9.55. The quantitative estimate of drug-likeness (QED) is 0.568. The van der Waals surface area contributed by atoms with Crippen molar-refractivity contribution < 1.29 is 17.0 Å². The van der Waals surface area contributed by atoms with Gasteiger partial charge in [-0.25, -0.2) is 4.39 Å². The average molecular weight is 413 g/mol. The molecule has 0 spiro atoms. The number of benzene rings is 2. The molecule has 0 aliphatic carbocycles. The SMILES string of the molecule is O=S(=O)(Oc1cccc(I)c1)c1cc(F)ccc1Cl. The summed E-state index contributed by atoms with van der Waals surface area (Å²) in [6.07, 6.45) is 0. The highest BCUT2D eigenvalue weighted by molar-refractivity contribution is 14.1. The fourth-order valence-electron chi connectivity index (χ4n) is 1.36. The summed E-state index contributed by atoms with van der Waals surface area (Å²) in [5, 5.41) is -0.0907. The highest BCUT2D eigenvalue weighted by atomic mass is 127. The van der Waals surface area contributed by atoms with Crippen molar-refractivity contribution in [1.82, 2.24) is 0 Å². The predicted molar refractivity (Wildman–Crippen MR) is 78.4 cm³/mol. The fourth-order valence-corrected chi connectivity index (χ4v) is 3.29. The van der Waals surface area contributed by atoms with Gasteiger partial charge in [0.25, 0.3) is 0 Å². The Morgan fingerprint density at radius 2 is 1.89 bits per heavy atom. The summed E-state index contributed by atoms with van der Waals surface area (Å²) < 4.78 is 42.9. The second-order valence-electron chi connectivity index (χ2n) is 3.57. The van der Waals surface area contributed by atoms with Gasteiger partial charge in [-0.2, -0.15) is 8.42 Å². The summed E-state index contributed by atoms with van der Waals surface area (Å²) in [6.45, 7) is 0. The van der Waals surface area contributed by atoms with Gasteiger partial charge in [0.05, 0.1) is 5.02 Å². The molecule has 0 heterocycles. The molecule has 0 unspecified atom stereocenters. The molecule has 2 aromatic carbocycles. The van der Waals surface area contributed by atoms with Crippen LogP contribution >= 0.6 is 34.2 Å². The third kappa shape index (κ3) is 3.58. The Kier molecular flexibility index (Phi) is 4.32. The minimum absolute atomic E-state index is 0.0907. The van der Waals surface area contributed by atoms with Crippen LogP contribution in [0.2, 0.25) is 5.02 Å². The first-order chi connectivity index (χ1) is 8.88.